The predicted molar refractivity (Wildman–Crippen MR) is 183 cm³/mol. The average molecular weight is 668 g/mol. The van der Waals surface area contributed by atoms with Gasteiger partial charge in [0.1, 0.15) is 25.1 Å². The summed E-state index contributed by atoms with van der Waals surface area (Å²) in [7, 11) is 7.81. The number of nitrogens with one attached hydrogen (secondary N) is 2. The molecule has 2 heterocycles. The topological polar surface area (TPSA) is 132 Å². The molecule has 12 nitrogen and oxygen atoms in total. The Balaban J connectivity index is 1.12. The van der Waals surface area contributed by atoms with Gasteiger partial charge in [-0.3, -0.25) is 4.79 Å². The van der Waals surface area contributed by atoms with Crippen LogP contribution in [-0.2, 0) is 0 Å². The Labute approximate surface area is 283 Å². The highest BCUT2D eigenvalue weighted by atomic mass is 16.6. The fraction of sp³-hybridized carbons (Fsp3) is 0.243. The first-order valence-electron chi connectivity index (χ1n) is 15.4. The number of benzene rings is 4. The normalized spacial score (nSPS) is 13.4. The van der Waals surface area contributed by atoms with Crippen LogP contribution in [0.25, 0.3) is 22.6 Å². The molecule has 1 aliphatic heterocycles. The van der Waals surface area contributed by atoms with Crippen LogP contribution in [0.2, 0.25) is 0 Å². The number of ether oxygens (including phenoxy) is 7. The zero-order valence-corrected chi connectivity index (χ0v) is 28.0. The fourth-order valence-electron chi connectivity index (χ4n) is 5.54. The number of carbonyl (C=O) groups excluding carboxylic acids is 1. The van der Waals surface area contributed by atoms with E-state index < -0.39 is 6.17 Å². The first-order chi connectivity index (χ1) is 23.8. The second-order valence-electron chi connectivity index (χ2n) is 11.1. The van der Waals surface area contributed by atoms with E-state index in [1.807, 2.05) is 61.5 Å². The first kappa shape index (κ1) is 32.9. The van der Waals surface area contributed by atoms with Crippen LogP contribution in [0.4, 0.5) is 5.69 Å². The number of hydrogen-bond donors (Lipinski definition) is 2. The van der Waals surface area contributed by atoms with Gasteiger partial charge in [-0.25, -0.2) is 0 Å². The van der Waals surface area contributed by atoms with E-state index in [0.717, 1.165) is 27.9 Å². The maximum Gasteiger partial charge on any atom is 0.255 e. The summed E-state index contributed by atoms with van der Waals surface area (Å²) < 4.78 is 45.3. The van der Waals surface area contributed by atoms with Crippen LogP contribution in [0.15, 0.2) is 77.3 Å². The van der Waals surface area contributed by atoms with Crippen LogP contribution < -0.4 is 43.8 Å². The van der Waals surface area contributed by atoms with E-state index in [4.69, 9.17) is 37.7 Å². The number of carbonyl (C=O) groups is 1. The van der Waals surface area contributed by atoms with Crippen LogP contribution >= 0.6 is 0 Å². The summed E-state index contributed by atoms with van der Waals surface area (Å²) in [6, 6.07) is 22.2. The second-order valence-corrected chi connectivity index (χ2v) is 11.1. The molecule has 254 valence electrons. The van der Waals surface area contributed by atoms with E-state index in [9.17, 15) is 4.79 Å². The molecule has 1 aliphatic rings. The van der Waals surface area contributed by atoms with Crippen LogP contribution in [0.3, 0.4) is 0 Å². The molecule has 2 N–H and O–H groups in total. The molecule has 4 aromatic carbocycles. The quantitative estimate of drug-likeness (QED) is 0.131. The van der Waals surface area contributed by atoms with Gasteiger partial charge >= 0.3 is 0 Å². The first-order valence-corrected chi connectivity index (χ1v) is 15.4. The van der Waals surface area contributed by atoms with Gasteiger partial charge in [-0.05, 0) is 67.1 Å². The Morgan fingerprint density at radius 2 is 1.33 bits per heavy atom. The molecule has 1 aromatic heterocycles. The number of amides is 1. The lowest BCUT2D eigenvalue weighted by Crippen LogP contribution is -2.38. The van der Waals surface area contributed by atoms with E-state index >= 15 is 0 Å². The number of methoxy groups -OCH3 is 5. The molecular formula is C37H37N3O9. The fourth-order valence-corrected chi connectivity index (χ4v) is 5.54. The van der Waals surface area contributed by atoms with Crippen molar-refractivity contribution in [1.29, 1.82) is 0 Å². The van der Waals surface area contributed by atoms with Crippen molar-refractivity contribution in [3.63, 3.8) is 0 Å². The highest BCUT2D eigenvalue weighted by Crippen LogP contribution is 2.42. The summed E-state index contributed by atoms with van der Waals surface area (Å²) >= 11 is 0. The molecule has 0 radical (unpaired) electrons. The SMILES string of the molecule is COc1cc(C2NC(=O)c3cc(C)ccc3N2)ccc1OCCOc1cc(-c2cc(-c3cc(OC)c(OC)c(OC)c3)no2)ccc1OC. The van der Waals surface area contributed by atoms with E-state index in [2.05, 4.69) is 15.8 Å². The van der Waals surface area contributed by atoms with Gasteiger partial charge in [0.25, 0.3) is 5.91 Å². The average Bonchev–Trinajstić information content (AvgIpc) is 3.63. The lowest BCUT2D eigenvalue weighted by Gasteiger charge is -2.28. The van der Waals surface area contributed by atoms with E-state index in [1.54, 1.807) is 53.7 Å². The highest BCUT2D eigenvalue weighted by molar-refractivity contribution is 6.02. The van der Waals surface area contributed by atoms with Crippen LogP contribution in [0.1, 0.15) is 27.7 Å². The molecule has 1 atom stereocenters. The summed E-state index contributed by atoms with van der Waals surface area (Å²) in [5.41, 5.74) is 5.29. The number of fused-ring (bicyclic) bond motifs is 1. The van der Waals surface area contributed by atoms with Crippen molar-refractivity contribution < 1.29 is 42.5 Å². The van der Waals surface area contributed by atoms with Crippen molar-refractivity contribution in [2.75, 3.05) is 54.1 Å². The Morgan fingerprint density at radius 1 is 0.653 bits per heavy atom. The van der Waals surface area contributed by atoms with Gasteiger partial charge in [0.15, 0.2) is 40.3 Å². The Kier molecular flexibility index (Phi) is 9.65. The van der Waals surface area contributed by atoms with Crippen molar-refractivity contribution >= 4 is 11.6 Å². The molecule has 0 aliphatic carbocycles. The van der Waals surface area contributed by atoms with Gasteiger partial charge < -0.3 is 48.3 Å². The zero-order chi connectivity index (χ0) is 34.5. The molecule has 0 fully saturated rings. The summed E-state index contributed by atoms with van der Waals surface area (Å²) in [6.45, 7) is 2.40. The van der Waals surface area contributed by atoms with Gasteiger partial charge in [0.2, 0.25) is 5.75 Å². The number of hydrogen-bond acceptors (Lipinski definition) is 11. The Morgan fingerprint density at radius 3 is 2.02 bits per heavy atom. The highest BCUT2D eigenvalue weighted by Gasteiger charge is 2.25. The number of anilines is 1. The van der Waals surface area contributed by atoms with Crippen molar-refractivity contribution in [3.8, 4) is 62.8 Å². The molecule has 49 heavy (non-hydrogen) atoms. The lowest BCUT2D eigenvalue weighted by molar-refractivity contribution is 0.0935. The molecule has 0 spiro atoms. The summed E-state index contributed by atoms with van der Waals surface area (Å²) in [5, 5.41) is 10.6. The molecule has 6 rings (SSSR count). The predicted octanol–water partition coefficient (Wildman–Crippen LogP) is 6.67. The van der Waals surface area contributed by atoms with Crippen LogP contribution in [0, 0.1) is 6.92 Å². The molecule has 12 heteroatoms. The third-order valence-electron chi connectivity index (χ3n) is 8.03. The molecule has 0 bridgehead atoms. The Bertz CT molecular complexity index is 1950. The smallest absolute Gasteiger partial charge is 0.255 e. The minimum Gasteiger partial charge on any atom is -0.493 e. The van der Waals surface area contributed by atoms with Crippen molar-refractivity contribution in [1.82, 2.24) is 10.5 Å². The van der Waals surface area contributed by atoms with Crippen molar-refractivity contribution in [2.45, 2.75) is 13.1 Å². The van der Waals surface area contributed by atoms with Crippen LogP contribution in [-0.4, -0.2) is 59.8 Å². The second kappa shape index (κ2) is 14.4. The Hall–Kier alpha value is -6.04. The van der Waals surface area contributed by atoms with Gasteiger partial charge in [-0.2, -0.15) is 0 Å². The van der Waals surface area contributed by atoms with E-state index in [0.29, 0.717) is 57.3 Å². The largest absolute Gasteiger partial charge is 0.493 e. The number of rotatable bonds is 13. The zero-order valence-electron chi connectivity index (χ0n) is 28.0. The maximum atomic E-state index is 12.8. The van der Waals surface area contributed by atoms with Gasteiger partial charge in [-0.1, -0.05) is 22.9 Å². The third kappa shape index (κ3) is 6.84. The lowest BCUT2D eigenvalue weighted by atomic mass is 10.0. The van der Waals surface area contributed by atoms with Crippen molar-refractivity contribution in [2.24, 2.45) is 0 Å². The van der Waals surface area contributed by atoms with E-state index in [-0.39, 0.29) is 19.1 Å². The molecule has 5 aromatic rings. The molecule has 1 amide bonds. The minimum absolute atomic E-state index is 0.138. The van der Waals surface area contributed by atoms with Gasteiger partial charge in [0, 0.05) is 22.9 Å². The summed E-state index contributed by atoms with van der Waals surface area (Å²) in [6.07, 6.45) is -0.420. The monoisotopic (exact) mass is 667 g/mol. The van der Waals surface area contributed by atoms with Gasteiger partial charge in [0.05, 0.1) is 41.1 Å². The minimum atomic E-state index is -0.420. The molecule has 0 saturated heterocycles. The molecule has 1 unspecified atom stereocenters. The summed E-state index contributed by atoms with van der Waals surface area (Å²) in [4.78, 5) is 12.8. The third-order valence-corrected chi connectivity index (χ3v) is 8.03. The van der Waals surface area contributed by atoms with Gasteiger partial charge in [-0.15, -0.1) is 0 Å². The number of aryl methyl sites for hydroxylation is 1. The molecular weight excluding hydrogens is 630 g/mol. The standard InChI is InChI=1S/C37H37N3O9/c1-21-7-10-26-25(15-21)37(41)39-36(38-26)23-9-12-29(31(17-23)43-3)47-13-14-48-32-16-22(8-11-28(32)42-2)30-20-27(40-49-30)24-18-33(44-4)35(46-6)34(19-24)45-5/h7-12,15-20,36,38H,13-14H2,1-6H3,(H,39,41). The summed E-state index contributed by atoms with van der Waals surface area (Å²) in [5.74, 6) is 4.01. The number of nitrogens with zero attached hydrogens (tertiary/aromatic N) is 1. The number of aromatic nitrogens is 1. The van der Waals surface area contributed by atoms with Crippen LogP contribution in [0.5, 0.6) is 40.2 Å². The van der Waals surface area contributed by atoms with Crippen molar-refractivity contribution in [3.05, 3.63) is 89.5 Å². The maximum absolute atomic E-state index is 12.8. The molecule has 0 saturated carbocycles. The van der Waals surface area contributed by atoms with E-state index in [1.165, 1.54) is 0 Å².